The number of hydrogen-bond acceptors (Lipinski definition) is 5. The highest BCUT2D eigenvalue weighted by molar-refractivity contribution is 7.15. The Hall–Kier alpha value is -2.25. The van der Waals surface area contributed by atoms with Gasteiger partial charge in [0.25, 0.3) is 0 Å². The SMILES string of the molecule is COC(=O)c1c(-c2ccc(F)cc2)csc1NC(=O)CN1CCC[C@@H](C)C1. The van der Waals surface area contributed by atoms with Crippen LogP contribution in [-0.4, -0.2) is 43.5 Å². The zero-order chi connectivity index (χ0) is 19.4. The average molecular weight is 390 g/mol. The molecule has 0 spiro atoms. The van der Waals surface area contributed by atoms with Crippen molar-refractivity contribution in [2.75, 3.05) is 32.1 Å². The van der Waals surface area contributed by atoms with E-state index in [2.05, 4.69) is 17.1 Å². The molecule has 144 valence electrons. The number of nitrogens with zero attached hydrogens (tertiary/aromatic N) is 1. The summed E-state index contributed by atoms with van der Waals surface area (Å²) in [7, 11) is 1.30. The van der Waals surface area contributed by atoms with Crippen molar-refractivity contribution >= 4 is 28.2 Å². The van der Waals surface area contributed by atoms with Crippen LogP contribution in [0.2, 0.25) is 0 Å². The minimum absolute atomic E-state index is 0.151. The highest BCUT2D eigenvalue weighted by Crippen LogP contribution is 2.36. The molecule has 1 atom stereocenters. The van der Waals surface area contributed by atoms with Gasteiger partial charge in [-0.25, -0.2) is 9.18 Å². The number of piperidine rings is 1. The molecule has 1 N–H and O–H groups in total. The molecule has 2 aromatic rings. The van der Waals surface area contributed by atoms with E-state index in [0.29, 0.717) is 34.2 Å². The van der Waals surface area contributed by atoms with Gasteiger partial charge in [-0.05, 0) is 43.0 Å². The summed E-state index contributed by atoms with van der Waals surface area (Å²) in [5.74, 6) is -0.443. The molecule has 0 aliphatic carbocycles. The fourth-order valence-corrected chi connectivity index (χ4v) is 4.37. The quantitative estimate of drug-likeness (QED) is 0.784. The van der Waals surface area contributed by atoms with E-state index in [1.54, 1.807) is 17.5 Å². The first-order chi connectivity index (χ1) is 13.0. The van der Waals surface area contributed by atoms with Gasteiger partial charge in [-0.2, -0.15) is 0 Å². The molecule has 7 heteroatoms. The van der Waals surface area contributed by atoms with Crippen LogP contribution in [0.3, 0.4) is 0 Å². The normalized spacial score (nSPS) is 17.5. The number of ether oxygens (including phenoxy) is 1. The van der Waals surface area contributed by atoms with Gasteiger partial charge in [0, 0.05) is 17.5 Å². The summed E-state index contributed by atoms with van der Waals surface area (Å²) in [5.41, 5.74) is 1.61. The molecule has 1 aliphatic heterocycles. The number of nitrogens with one attached hydrogen (secondary N) is 1. The summed E-state index contributed by atoms with van der Waals surface area (Å²) in [6.07, 6.45) is 2.28. The topological polar surface area (TPSA) is 58.6 Å². The molecule has 3 rings (SSSR count). The first-order valence-electron chi connectivity index (χ1n) is 8.96. The number of rotatable bonds is 5. The second kappa shape index (κ2) is 8.63. The highest BCUT2D eigenvalue weighted by atomic mass is 32.1. The number of carbonyl (C=O) groups excluding carboxylic acids is 2. The lowest BCUT2D eigenvalue weighted by atomic mass is 10.0. The number of likely N-dealkylation sites (tertiary alicyclic amines) is 1. The zero-order valence-corrected chi connectivity index (χ0v) is 16.3. The Bertz CT molecular complexity index is 819. The standard InChI is InChI=1S/C20H23FN2O3S/c1-13-4-3-9-23(10-13)11-17(24)22-19-18(20(25)26-2)16(12-27-19)14-5-7-15(21)8-6-14/h5-8,12-13H,3-4,9-11H2,1-2H3,(H,22,24)/t13-/m1/s1. The Kier molecular flexibility index (Phi) is 6.23. The van der Waals surface area contributed by atoms with Gasteiger partial charge in [0.1, 0.15) is 16.4 Å². The van der Waals surface area contributed by atoms with Crippen molar-refractivity contribution in [1.29, 1.82) is 0 Å². The number of halogens is 1. The van der Waals surface area contributed by atoms with Crippen molar-refractivity contribution < 1.29 is 18.7 Å². The molecular weight excluding hydrogens is 367 g/mol. The molecule has 0 radical (unpaired) electrons. The molecule has 1 fully saturated rings. The van der Waals surface area contributed by atoms with Gasteiger partial charge in [-0.3, -0.25) is 9.69 Å². The third kappa shape index (κ3) is 4.73. The maximum atomic E-state index is 13.2. The number of carbonyl (C=O) groups is 2. The van der Waals surface area contributed by atoms with Crippen LogP contribution >= 0.6 is 11.3 Å². The lowest BCUT2D eigenvalue weighted by Crippen LogP contribution is -2.39. The van der Waals surface area contributed by atoms with Crippen molar-refractivity contribution in [1.82, 2.24) is 4.90 Å². The molecule has 2 heterocycles. The second-order valence-corrected chi connectivity index (χ2v) is 7.76. The molecule has 0 saturated carbocycles. The maximum Gasteiger partial charge on any atom is 0.341 e. The molecule has 1 amide bonds. The minimum Gasteiger partial charge on any atom is -0.465 e. The largest absolute Gasteiger partial charge is 0.465 e. The van der Waals surface area contributed by atoms with Gasteiger partial charge in [-0.1, -0.05) is 19.1 Å². The van der Waals surface area contributed by atoms with E-state index in [1.165, 1.54) is 37.0 Å². The number of benzene rings is 1. The van der Waals surface area contributed by atoms with Gasteiger partial charge in [0.05, 0.1) is 13.7 Å². The molecule has 0 bridgehead atoms. The van der Waals surface area contributed by atoms with Crippen molar-refractivity contribution in [3.63, 3.8) is 0 Å². The minimum atomic E-state index is -0.530. The fraction of sp³-hybridized carbons (Fsp3) is 0.400. The van der Waals surface area contributed by atoms with Crippen LogP contribution < -0.4 is 5.32 Å². The summed E-state index contributed by atoms with van der Waals surface area (Å²) in [6.45, 7) is 4.30. The molecule has 27 heavy (non-hydrogen) atoms. The molecule has 5 nitrogen and oxygen atoms in total. The monoisotopic (exact) mass is 390 g/mol. The molecule has 1 aliphatic rings. The molecular formula is C20H23FN2O3S. The van der Waals surface area contributed by atoms with Gasteiger partial charge in [0.15, 0.2) is 0 Å². The van der Waals surface area contributed by atoms with E-state index in [9.17, 15) is 14.0 Å². The Labute approximate surface area is 162 Å². The maximum absolute atomic E-state index is 13.2. The van der Waals surface area contributed by atoms with E-state index in [1.807, 2.05) is 0 Å². The number of anilines is 1. The number of methoxy groups -OCH3 is 1. The van der Waals surface area contributed by atoms with E-state index in [0.717, 1.165) is 19.5 Å². The summed E-state index contributed by atoms with van der Waals surface area (Å²) in [6, 6.07) is 5.88. The summed E-state index contributed by atoms with van der Waals surface area (Å²) in [4.78, 5) is 26.9. The summed E-state index contributed by atoms with van der Waals surface area (Å²) >= 11 is 1.26. The van der Waals surface area contributed by atoms with Gasteiger partial charge in [0.2, 0.25) is 5.91 Å². The van der Waals surface area contributed by atoms with Crippen molar-refractivity contribution in [3.05, 3.63) is 41.0 Å². The summed E-state index contributed by atoms with van der Waals surface area (Å²) < 4.78 is 18.1. The molecule has 0 unspecified atom stereocenters. The van der Waals surface area contributed by atoms with E-state index in [-0.39, 0.29) is 11.7 Å². The van der Waals surface area contributed by atoms with Crippen molar-refractivity contribution in [2.24, 2.45) is 5.92 Å². The number of hydrogen-bond donors (Lipinski definition) is 1. The Morgan fingerprint density at radius 3 is 2.74 bits per heavy atom. The van der Waals surface area contributed by atoms with Gasteiger partial charge in [-0.15, -0.1) is 11.3 Å². The van der Waals surface area contributed by atoms with Crippen LogP contribution in [0.5, 0.6) is 0 Å². The van der Waals surface area contributed by atoms with Crippen molar-refractivity contribution in [2.45, 2.75) is 19.8 Å². The van der Waals surface area contributed by atoms with Crippen LogP contribution in [-0.2, 0) is 9.53 Å². The fourth-order valence-electron chi connectivity index (χ4n) is 3.40. The highest BCUT2D eigenvalue weighted by Gasteiger charge is 2.24. The van der Waals surface area contributed by atoms with E-state index >= 15 is 0 Å². The lowest BCUT2D eigenvalue weighted by molar-refractivity contribution is -0.117. The van der Waals surface area contributed by atoms with Gasteiger partial charge >= 0.3 is 5.97 Å². The smallest absolute Gasteiger partial charge is 0.341 e. The van der Waals surface area contributed by atoms with Gasteiger partial charge < -0.3 is 10.1 Å². The van der Waals surface area contributed by atoms with Crippen LogP contribution in [0.25, 0.3) is 11.1 Å². The first-order valence-corrected chi connectivity index (χ1v) is 9.84. The Morgan fingerprint density at radius 2 is 2.07 bits per heavy atom. The zero-order valence-electron chi connectivity index (χ0n) is 15.5. The van der Waals surface area contributed by atoms with Crippen LogP contribution in [0.4, 0.5) is 9.39 Å². The Morgan fingerprint density at radius 1 is 1.33 bits per heavy atom. The predicted molar refractivity (Wildman–Crippen MR) is 105 cm³/mol. The third-order valence-electron chi connectivity index (χ3n) is 4.70. The van der Waals surface area contributed by atoms with E-state index < -0.39 is 5.97 Å². The number of amides is 1. The van der Waals surface area contributed by atoms with Crippen molar-refractivity contribution in [3.8, 4) is 11.1 Å². The third-order valence-corrected chi connectivity index (χ3v) is 5.59. The molecule has 1 saturated heterocycles. The van der Waals surface area contributed by atoms with Crippen LogP contribution in [0.1, 0.15) is 30.1 Å². The van der Waals surface area contributed by atoms with E-state index in [4.69, 9.17) is 4.74 Å². The predicted octanol–water partition coefficient (Wildman–Crippen LogP) is 4.01. The number of thiophene rings is 1. The molecule has 1 aromatic carbocycles. The number of esters is 1. The lowest BCUT2D eigenvalue weighted by Gasteiger charge is -2.30. The second-order valence-electron chi connectivity index (χ2n) is 6.88. The first kappa shape index (κ1) is 19.5. The van der Waals surface area contributed by atoms with Crippen LogP contribution in [0.15, 0.2) is 29.6 Å². The van der Waals surface area contributed by atoms with Crippen LogP contribution in [0, 0.1) is 11.7 Å². The molecule has 1 aromatic heterocycles. The average Bonchev–Trinajstić information content (AvgIpc) is 3.05. The summed E-state index contributed by atoms with van der Waals surface area (Å²) in [5, 5.41) is 5.08. The Balaban J connectivity index is 1.79.